The van der Waals surface area contributed by atoms with E-state index in [0.29, 0.717) is 12.6 Å². The Morgan fingerprint density at radius 2 is 1.91 bits per heavy atom. The van der Waals surface area contributed by atoms with E-state index in [2.05, 4.69) is 17.5 Å². The first-order valence-corrected chi connectivity index (χ1v) is 8.08. The standard InChI is InChI=1S/C16H23ClN3O.HI/c1-20(9-3-2-4-10-20)11-15-12-21-19-16(18-15)13-5-7-14(17)8-6-13;/h5-8,15H,2-4,9-12H2,1H3,(H,18,19);1H/q+1;/p-1. The Hall–Kier alpha value is -0.530. The highest BCUT2D eigenvalue weighted by Crippen LogP contribution is 2.18. The van der Waals surface area contributed by atoms with E-state index in [-0.39, 0.29) is 24.0 Å². The van der Waals surface area contributed by atoms with Gasteiger partial charge in [0.05, 0.1) is 20.1 Å². The number of oxime groups is 1. The molecule has 0 aromatic heterocycles. The minimum absolute atomic E-state index is 0. The van der Waals surface area contributed by atoms with Gasteiger partial charge in [0.2, 0.25) is 0 Å². The van der Waals surface area contributed by atoms with Crippen LogP contribution in [0.3, 0.4) is 0 Å². The third-order valence-corrected chi connectivity index (χ3v) is 4.70. The summed E-state index contributed by atoms with van der Waals surface area (Å²) in [5.74, 6) is 0.812. The van der Waals surface area contributed by atoms with Crippen molar-refractivity contribution in [3.63, 3.8) is 0 Å². The highest BCUT2D eigenvalue weighted by atomic mass is 127. The fraction of sp³-hybridized carbons (Fsp3) is 0.562. The van der Waals surface area contributed by atoms with E-state index in [1.807, 2.05) is 24.3 Å². The molecule has 0 spiro atoms. The van der Waals surface area contributed by atoms with Gasteiger partial charge in [0.15, 0.2) is 5.84 Å². The molecule has 4 nitrogen and oxygen atoms in total. The first-order valence-electron chi connectivity index (χ1n) is 7.71. The van der Waals surface area contributed by atoms with Crippen molar-refractivity contribution in [2.24, 2.45) is 5.16 Å². The van der Waals surface area contributed by atoms with Gasteiger partial charge >= 0.3 is 0 Å². The van der Waals surface area contributed by atoms with E-state index in [1.165, 1.54) is 32.4 Å². The van der Waals surface area contributed by atoms with Crippen LogP contribution >= 0.6 is 11.6 Å². The first-order chi connectivity index (χ1) is 10.1. The molecule has 1 unspecified atom stereocenters. The normalized spacial score (nSPS) is 23.5. The van der Waals surface area contributed by atoms with Crippen LogP contribution in [0.5, 0.6) is 0 Å². The number of rotatable bonds is 3. The number of amidine groups is 1. The summed E-state index contributed by atoms with van der Waals surface area (Å²) in [5.41, 5.74) is 1.02. The van der Waals surface area contributed by atoms with Crippen LogP contribution in [-0.2, 0) is 4.84 Å². The van der Waals surface area contributed by atoms with E-state index in [1.54, 1.807) is 0 Å². The van der Waals surface area contributed by atoms with Crippen molar-refractivity contribution < 1.29 is 33.3 Å². The van der Waals surface area contributed by atoms with Crippen LogP contribution in [0.4, 0.5) is 0 Å². The number of halogens is 2. The van der Waals surface area contributed by atoms with Crippen molar-refractivity contribution in [2.45, 2.75) is 25.3 Å². The lowest BCUT2D eigenvalue weighted by molar-refractivity contribution is -0.915. The van der Waals surface area contributed by atoms with Crippen molar-refractivity contribution in [3.8, 4) is 0 Å². The number of quaternary nitrogens is 1. The van der Waals surface area contributed by atoms with Gasteiger partial charge in [-0.05, 0) is 43.5 Å². The molecule has 0 aliphatic carbocycles. The molecule has 0 bridgehead atoms. The second-order valence-corrected chi connectivity index (χ2v) is 6.83. The third-order valence-electron chi connectivity index (χ3n) is 4.45. The fourth-order valence-electron chi connectivity index (χ4n) is 3.29. The van der Waals surface area contributed by atoms with Crippen LogP contribution in [0.25, 0.3) is 0 Å². The number of hydrogen-bond donors (Lipinski definition) is 1. The summed E-state index contributed by atoms with van der Waals surface area (Å²) in [4.78, 5) is 5.45. The Morgan fingerprint density at radius 1 is 1.23 bits per heavy atom. The SMILES string of the molecule is C[N+]1(CC2CON=C(c3ccc(Cl)cc3)N2)CCCCC1.[I-]. The van der Waals surface area contributed by atoms with Gasteiger partial charge in [0.1, 0.15) is 19.2 Å². The maximum atomic E-state index is 5.93. The molecule has 6 heteroatoms. The topological polar surface area (TPSA) is 33.6 Å². The van der Waals surface area contributed by atoms with E-state index >= 15 is 0 Å². The first kappa shape index (κ1) is 17.8. The highest BCUT2D eigenvalue weighted by Gasteiger charge is 2.31. The van der Waals surface area contributed by atoms with Crippen LogP contribution in [0.1, 0.15) is 24.8 Å². The zero-order valence-corrected chi connectivity index (χ0v) is 15.8. The van der Waals surface area contributed by atoms with Gasteiger partial charge in [0.25, 0.3) is 0 Å². The molecule has 2 aliphatic rings. The molecular weight excluding hydrogens is 413 g/mol. The number of benzene rings is 1. The number of likely N-dealkylation sites (tertiary alicyclic amines) is 1. The molecule has 1 atom stereocenters. The maximum Gasteiger partial charge on any atom is 0.173 e. The lowest BCUT2D eigenvalue weighted by Gasteiger charge is -2.40. The van der Waals surface area contributed by atoms with Gasteiger partial charge in [-0.3, -0.25) is 0 Å². The average molecular weight is 436 g/mol. The molecule has 22 heavy (non-hydrogen) atoms. The van der Waals surface area contributed by atoms with Gasteiger partial charge in [-0.15, -0.1) is 0 Å². The van der Waals surface area contributed by atoms with E-state index in [0.717, 1.165) is 27.4 Å². The summed E-state index contributed by atoms with van der Waals surface area (Å²) in [6.45, 7) is 4.27. The summed E-state index contributed by atoms with van der Waals surface area (Å²) in [5, 5.41) is 8.41. The van der Waals surface area contributed by atoms with Gasteiger partial charge in [0, 0.05) is 10.6 Å². The number of piperidine rings is 1. The zero-order valence-electron chi connectivity index (χ0n) is 12.9. The molecule has 0 radical (unpaired) electrons. The Balaban J connectivity index is 0.00000176. The van der Waals surface area contributed by atoms with E-state index < -0.39 is 0 Å². The average Bonchev–Trinajstić information content (AvgIpc) is 2.48. The lowest BCUT2D eigenvalue weighted by atomic mass is 10.1. The van der Waals surface area contributed by atoms with E-state index in [9.17, 15) is 0 Å². The molecule has 0 saturated carbocycles. The quantitative estimate of drug-likeness (QED) is 0.519. The molecule has 122 valence electrons. The summed E-state index contributed by atoms with van der Waals surface area (Å²) in [7, 11) is 2.36. The van der Waals surface area contributed by atoms with E-state index in [4.69, 9.17) is 16.4 Å². The zero-order chi connectivity index (χ0) is 14.7. The molecule has 2 aliphatic heterocycles. The van der Waals surface area contributed by atoms with Crippen LogP contribution in [-0.4, -0.2) is 49.6 Å². The summed E-state index contributed by atoms with van der Waals surface area (Å²) >= 11 is 5.93. The van der Waals surface area contributed by atoms with Crippen molar-refractivity contribution in [1.82, 2.24) is 5.32 Å². The van der Waals surface area contributed by atoms with Crippen molar-refractivity contribution in [2.75, 3.05) is 33.3 Å². The van der Waals surface area contributed by atoms with Gasteiger partial charge in [-0.2, -0.15) is 0 Å². The smallest absolute Gasteiger partial charge is 0.173 e. The van der Waals surface area contributed by atoms with Crippen molar-refractivity contribution in [3.05, 3.63) is 34.9 Å². The predicted octanol–water partition coefficient (Wildman–Crippen LogP) is -0.375. The molecule has 1 N–H and O–H groups in total. The number of hydrogen-bond acceptors (Lipinski definition) is 3. The molecular formula is C16H23ClIN3O. The maximum absolute atomic E-state index is 5.93. The number of likely N-dealkylation sites (N-methyl/N-ethyl adjacent to an activating group) is 1. The van der Waals surface area contributed by atoms with Crippen molar-refractivity contribution in [1.29, 1.82) is 0 Å². The Kier molecular flexibility index (Phi) is 6.35. The lowest BCUT2D eigenvalue weighted by Crippen LogP contribution is -3.00. The summed E-state index contributed by atoms with van der Waals surface area (Å²) in [6, 6.07) is 8.01. The van der Waals surface area contributed by atoms with Crippen LogP contribution in [0.15, 0.2) is 29.4 Å². The third kappa shape index (κ3) is 4.49. The van der Waals surface area contributed by atoms with Gasteiger partial charge in [-0.1, -0.05) is 16.8 Å². The van der Waals surface area contributed by atoms with Crippen LogP contribution < -0.4 is 29.3 Å². The second-order valence-electron chi connectivity index (χ2n) is 6.39. The van der Waals surface area contributed by atoms with Crippen LogP contribution in [0.2, 0.25) is 5.02 Å². The molecule has 1 saturated heterocycles. The Labute approximate surface area is 154 Å². The largest absolute Gasteiger partial charge is 1.00 e. The molecule has 3 rings (SSSR count). The van der Waals surface area contributed by atoms with Gasteiger partial charge in [-0.25, -0.2) is 0 Å². The molecule has 0 amide bonds. The Morgan fingerprint density at radius 3 is 2.59 bits per heavy atom. The predicted molar refractivity (Wildman–Crippen MR) is 85.5 cm³/mol. The number of nitrogens with one attached hydrogen (secondary N) is 1. The summed E-state index contributed by atoms with van der Waals surface area (Å²) < 4.78 is 1.13. The van der Waals surface area contributed by atoms with Crippen LogP contribution in [0, 0.1) is 0 Å². The fourth-order valence-corrected chi connectivity index (χ4v) is 3.41. The Bertz CT molecular complexity index is 515. The highest BCUT2D eigenvalue weighted by molar-refractivity contribution is 6.30. The molecule has 1 fully saturated rings. The van der Waals surface area contributed by atoms with Gasteiger partial charge < -0.3 is 38.6 Å². The molecule has 1 aromatic carbocycles. The summed E-state index contributed by atoms with van der Waals surface area (Å²) in [6.07, 6.45) is 4.05. The minimum Gasteiger partial charge on any atom is -1.00 e. The second kappa shape index (κ2) is 7.84. The molecule has 2 heterocycles. The monoisotopic (exact) mass is 435 g/mol. The number of nitrogens with zero attached hydrogens (tertiary/aromatic N) is 2. The van der Waals surface area contributed by atoms with Crippen molar-refractivity contribution >= 4 is 17.4 Å². The molecule has 1 aromatic rings. The minimum atomic E-state index is 0.